The highest BCUT2D eigenvalue weighted by Gasteiger charge is 2.24. The molecule has 0 saturated carbocycles. The number of carbonyl (C=O) groups excluding carboxylic acids is 2. The normalized spacial score (nSPS) is 13.1. The van der Waals surface area contributed by atoms with Crippen LogP contribution in [0.5, 0.6) is 11.5 Å². The van der Waals surface area contributed by atoms with Crippen molar-refractivity contribution in [2.24, 2.45) is 0 Å². The Hall–Kier alpha value is -3.52. The molecule has 1 amide bonds. The number of benzene rings is 2. The summed E-state index contributed by atoms with van der Waals surface area (Å²) in [6.45, 7) is 1.17. The molecule has 1 aliphatic rings. The molecule has 2 heterocycles. The van der Waals surface area contributed by atoms with Gasteiger partial charge in [-0.2, -0.15) is 0 Å². The maximum Gasteiger partial charge on any atom is 0.342 e. The molecule has 0 unspecified atom stereocenters. The Morgan fingerprint density at radius 3 is 2.52 bits per heavy atom. The van der Waals surface area contributed by atoms with E-state index in [4.69, 9.17) is 30.8 Å². The number of aromatic nitrogens is 1. The molecule has 1 saturated heterocycles. The van der Waals surface area contributed by atoms with E-state index in [1.54, 1.807) is 12.1 Å². The Kier molecular flexibility index (Phi) is 6.84. The fraction of sp³-hybridized carbons (Fsp3) is 0.292. The molecular formula is C24H24ClN3O5. The van der Waals surface area contributed by atoms with Gasteiger partial charge in [-0.1, -0.05) is 29.8 Å². The van der Waals surface area contributed by atoms with Crippen LogP contribution in [0.1, 0.15) is 23.2 Å². The number of nitrogens with one attached hydrogen (secondary N) is 1. The molecular weight excluding hydrogens is 446 g/mol. The highest BCUT2D eigenvalue weighted by atomic mass is 35.5. The van der Waals surface area contributed by atoms with Gasteiger partial charge in [-0.05, 0) is 25.0 Å². The van der Waals surface area contributed by atoms with Crippen molar-refractivity contribution in [1.82, 2.24) is 4.98 Å². The van der Waals surface area contributed by atoms with Gasteiger partial charge < -0.3 is 24.4 Å². The first-order chi connectivity index (χ1) is 16.0. The first-order valence-corrected chi connectivity index (χ1v) is 10.9. The number of fused-ring (bicyclic) bond motifs is 1. The van der Waals surface area contributed by atoms with Crippen LogP contribution in [-0.2, 0) is 9.53 Å². The van der Waals surface area contributed by atoms with Crippen LogP contribution >= 0.6 is 11.6 Å². The van der Waals surface area contributed by atoms with Crippen molar-refractivity contribution in [3.05, 3.63) is 53.1 Å². The number of pyridine rings is 1. The van der Waals surface area contributed by atoms with Crippen LogP contribution < -0.4 is 19.7 Å². The second kappa shape index (κ2) is 9.95. The first kappa shape index (κ1) is 22.7. The van der Waals surface area contributed by atoms with Gasteiger partial charge in [0, 0.05) is 30.6 Å². The zero-order chi connectivity index (χ0) is 23.4. The maximum atomic E-state index is 13.0. The number of rotatable bonds is 7. The van der Waals surface area contributed by atoms with Gasteiger partial charge in [0.1, 0.15) is 22.9 Å². The summed E-state index contributed by atoms with van der Waals surface area (Å²) in [5.41, 5.74) is 1.50. The summed E-state index contributed by atoms with van der Waals surface area (Å²) in [6.07, 6.45) is 2.08. The molecule has 0 spiro atoms. The molecule has 0 aliphatic carbocycles. The van der Waals surface area contributed by atoms with E-state index in [0.29, 0.717) is 33.6 Å². The van der Waals surface area contributed by atoms with Gasteiger partial charge >= 0.3 is 5.97 Å². The second-order valence-corrected chi connectivity index (χ2v) is 7.96. The Morgan fingerprint density at radius 2 is 1.79 bits per heavy atom. The summed E-state index contributed by atoms with van der Waals surface area (Å²) in [5.74, 6) is 0.187. The van der Waals surface area contributed by atoms with Crippen molar-refractivity contribution < 1.29 is 23.8 Å². The predicted molar refractivity (Wildman–Crippen MR) is 127 cm³/mol. The monoisotopic (exact) mass is 469 g/mol. The van der Waals surface area contributed by atoms with Crippen LogP contribution in [0.2, 0.25) is 5.02 Å². The van der Waals surface area contributed by atoms with Gasteiger partial charge in [0.15, 0.2) is 6.61 Å². The highest BCUT2D eigenvalue weighted by molar-refractivity contribution is 6.32. The van der Waals surface area contributed by atoms with Gasteiger partial charge in [0.2, 0.25) is 0 Å². The smallest absolute Gasteiger partial charge is 0.342 e. The van der Waals surface area contributed by atoms with E-state index in [1.807, 2.05) is 24.3 Å². The van der Waals surface area contributed by atoms with Gasteiger partial charge in [0.05, 0.1) is 30.4 Å². The van der Waals surface area contributed by atoms with E-state index in [0.717, 1.165) is 36.8 Å². The number of hydrogen-bond acceptors (Lipinski definition) is 7. The number of carbonyl (C=O) groups is 2. The van der Waals surface area contributed by atoms with E-state index in [2.05, 4.69) is 10.2 Å². The largest absolute Gasteiger partial charge is 0.495 e. The number of esters is 1. The topological polar surface area (TPSA) is 90.0 Å². The number of nitrogens with zero attached hydrogens (tertiary/aromatic N) is 2. The fourth-order valence-corrected chi connectivity index (χ4v) is 4.01. The molecule has 9 heteroatoms. The van der Waals surface area contributed by atoms with Crippen LogP contribution in [0, 0.1) is 0 Å². The summed E-state index contributed by atoms with van der Waals surface area (Å²) < 4.78 is 15.8. The van der Waals surface area contributed by atoms with Gasteiger partial charge in [-0.25, -0.2) is 9.78 Å². The Morgan fingerprint density at radius 1 is 1.06 bits per heavy atom. The van der Waals surface area contributed by atoms with E-state index >= 15 is 0 Å². The molecule has 33 heavy (non-hydrogen) atoms. The number of para-hydroxylation sites is 1. The highest BCUT2D eigenvalue weighted by Crippen LogP contribution is 2.36. The minimum atomic E-state index is -0.606. The molecule has 2 aromatic carbocycles. The molecule has 1 N–H and O–H groups in total. The molecule has 0 radical (unpaired) electrons. The average Bonchev–Trinajstić information content (AvgIpc) is 3.37. The van der Waals surface area contributed by atoms with E-state index in [-0.39, 0.29) is 0 Å². The van der Waals surface area contributed by atoms with Crippen LogP contribution in [-0.4, -0.2) is 50.8 Å². The lowest BCUT2D eigenvalue weighted by Crippen LogP contribution is -2.25. The average molecular weight is 470 g/mol. The standard InChI is InChI=1S/C24H24ClN3O5/c1-31-20-13-19(21(32-2)12-17(20)25)26-22(29)14-33-24(30)16-11-15-7-3-4-8-18(15)27-23(16)28-9-5-6-10-28/h3-4,7-8,11-13H,5-6,9-10,14H2,1-2H3,(H,26,29). The van der Waals surface area contributed by atoms with E-state index in [1.165, 1.54) is 20.3 Å². The second-order valence-electron chi connectivity index (χ2n) is 7.56. The molecule has 1 aliphatic heterocycles. The first-order valence-electron chi connectivity index (χ1n) is 10.5. The summed E-state index contributed by atoms with van der Waals surface area (Å²) in [6, 6.07) is 12.4. The zero-order valence-corrected chi connectivity index (χ0v) is 19.1. The fourth-order valence-electron chi connectivity index (χ4n) is 3.78. The molecule has 1 aromatic heterocycles. The lowest BCUT2D eigenvalue weighted by Gasteiger charge is -2.20. The van der Waals surface area contributed by atoms with Crippen LogP contribution in [0.3, 0.4) is 0 Å². The molecule has 3 aromatic rings. The third-order valence-corrected chi connectivity index (χ3v) is 5.71. The Bertz CT molecular complexity index is 1190. The van der Waals surface area contributed by atoms with Crippen molar-refractivity contribution in [2.45, 2.75) is 12.8 Å². The number of methoxy groups -OCH3 is 2. The van der Waals surface area contributed by atoms with Crippen LogP contribution in [0.4, 0.5) is 11.5 Å². The van der Waals surface area contributed by atoms with Gasteiger partial charge in [0.25, 0.3) is 5.91 Å². The molecule has 8 nitrogen and oxygen atoms in total. The summed E-state index contributed by atoms with van der Waals surface area (Å²) in [5, 5.41) is 3.84. The Labute approximate surface area is 196 Å². The van der Waals surface area contributed by atoms with Crippen molar-refractivity contribution >= 4 is 45.9 Å². The summed E-state index contributed by atoms with van der Waals surface area (Å²) >= 11 is 6.10. The molecule has 4 rings (SSSR count). The predicted octanol–water partition coefficient (Wildman–Crippen LogP) is 4.30. The molecule has 172 valence electrons. The van der Waals surface area contributed by atoms with Crippen LogP contribution in [0.25, 0.3) is 10.9 Å². The van der Waals surface area contributed by atoms with Crippen LogP contribution in [0.15, 0.2) is 42.5 Å². The third-order valence-electron chi connectivity index (χ3n) is 5.41. The maximum absolute atomic E-state index is 13.0. The number of halogens is 1. The number of ether oxygens (including phenoxy) is 3. The Balaban J connectivity index is 1.51. The number of anilines is 2. The minimum Gasteiger partial charge on any atom is -0.495 e. The lowest BCUT2D eigenvalue weighted by atomic mass is 10.1. The number of hydrogen-bond donors (Lipinski definition) is 1. The van der Waals surface area contributed by atoms with Crippen molar-refractivity contribution in [2.75, 3.05) is 44.1 Å². The quantitative estimate of drug-likeness (QED) is 0.516. The zero-order valence-electron chi connectivity index (χ0n) is 18.4. The third kappa shape index (κ3) is 4.96. The summed E-state index contributed by atoms with van der Waals surface area (Å²) in [4.78, 5) is 32.3. The van der Waals surface area contributed by atoms with Gasteiger partial charge in [-0.15, -0.1) is 0 Å². The van der Waals surface area contributed by atoms with Crippen molar-refractivity contribution in [1.29, 1.82) is 0 Å². The molecule has 0 bridgehead atoms. The van der Waals surface area contributed by atoms with E-state index < -0.39 is 18.5 Å². The van der Waals surface area contributed by atoms with Crippen molar-refractivity contribution in [3.63, 3.8) is 0 Å². The SMILES string of the molecule is COc1cc(NC(=O)COC(=O)c2cc3ccccc3nc2N2CCCC2)c(OC)cc1Cl. The molecule has 1 fully saturated rings. The minimum absolute atomic E-state index is 0.342. The number of amides is 1. The molecule has 0 atom stereocenters. The van der Waals surface area contributed by atoms with Crippen molar-refractivity contribution in [3.8, 4) is 11.5 Å². The van der Waals surface area contributed by atoms with Gasteiger partial charge in [-0.3, -0.25) is 4.79 Å². The van der Waals surface area contributed by atoms with E-state index in [9.17, 15) is 9.59 Å². The summed E-state index contributed by atoms with van der Waals surface area (Å²) in [7, 11) is 2.93. The lowest BCUT2D eigenvalue weighted by molar-refractivity contribution is -0.119.